The van der Waals surface area contributed by atoms with Gasteiger partial charge in [0.05, 0.1) is 0 Å². The molecule has 12 aromatic carbocycles. The zero-order valence-corrected chi connectivity index (χ0v) is 34.7. The van der Waals surface area contributed by atoms with Crippen LogP contribution in [0.2, 0.25) is 0 Å². The Morgan fingerprint density at radius 1 is 0.188 bits per heavy atom. The summed E-state index contributed by atoms with van der Waals surface area (Å²) in [6.07, 6.45) is 0. The first-order valence-electron chi connectivity index (χ1n) is 21.8. The van der Waals surface area contributed by atoms with E-state index in [1.807, 2.05) is 36.4 Å². The highest BCUT2D eigenvalue weighted by molar-refractivity contribution is 6.37. The smallest absolute Gasteiger partial charge is 0.164 e. The van der Waals surface area contributed by atoms with Crippen LogP contribution in [0.5, 0.6) is 0 Å². The van der Waals surface area contributed by atoms with E-state index in [1.54, 1.807) is 0 Å². The summed E-state index contributed by atoms with van der Waals surface area (Å²) in [6.45, 7) is 0. The first kappa shape index (κ1) is 36.2. The Balaban J connectivity index is 0.918. The fraction of sp³-hybridized carbons (Fsp3) is 0. The molecule has 3 nitrogen and oxygen atoms in total. The second-order valence-electron chi connectivity index (χ2n) is 16.7. The lowest BCUT2D eigenvalue weighted by Gasteiger charge is -2.17. The van der Waals surface area contributed by atoms with Crippen molar-refractivity contribution in [2.45, 2.75) is 0 Å². The molecule has 0 bridgehead atoms. The molecular formula is C61H37N3. The van der Waals surface area contributed by atoms with Crippen molar-refractivity contribution in [1.82, 2.24) is 15.0 Å². The molecule has 3 heteroatoms. The summed E-state index contributed by atoms with van der Waals surface area (Å²) in [5.41, 5.74) is 9.78. The van der Waals surface area contributed by atoms with Gasteiger partial charge in [-0.3, -0.25) is 0 Å². The fourth-order valence-corrected chi connectivity index (χ4v) is 9.93. The molecule has 1 aromatic heterocycles. The van der Waals surface area contributed by atoms with Gasteiger partial charge in [-0.25, -0.2) is 15.0 Å². The molecule has 0 aliphatic rings. The van der Waals surface area contributed by atoms with Crippen LogP contribution < -0.4 is 0 Å². The Morgan fingerprint density at radius 3 is 1.05 bits per heavy atom. The predicted octanol–water partition coefficient (Wildman–Crippen LogP) is 16.2. The van der Waals surface area contributed by atoms with Gasteiger partial charge in [0.2, 0.25) is 0 Å². The number of rotatable bonds is 6. The van der Waals surface area contributed by atoms with Gasteiger partial charge in [-0.1, -0.05) is 206 Å². The second-order valence-corrected chi connectivity index (χ2v) is 16.7. The Hall–Kier alpha value is -8.53. The van der Waals surface area contributed by atoms with Crippen LogP contribution in [0.1, 0.15) is 0 Å². The molecule has 0 aliphatic heterocycles. The molecule has 0 aliphatic carbocycles. The molecule has 0 saturated carbocycles. The summed E-state index contributed by atoms with van der Waals surface area (Å²) in [7, 11) is 0. The van der Waals surface area contributed by atoms with E-state index in [0.717, 1.165) is 33.4 Å². The van der Waals surface area contributed by atoms with Crippen LogP contribution in [0.4, 0.5) is 0 Å². The van der Waals surface area contributed by atoms with Gasteiger partial charge in [-0.05, 0) is 116 Å². The first-order chi connectivity index (χ1) is 31.7. The van der Waals surface area contributed by atoms with E-state index in [9.17, 15) is 0 Å². The summed E-state index contributed by atoms with van der Waals surface area (Å²) in [5, 5.41) is 15.4. The number of fused-ring (bicyclic) bond motifs is 2. The molecule has 0 N–H and O–H groups in total. The lowest BCUT2D eigenvalue weighted by molar-refractivity contribution is 1.07. The summed E-state index contributed by atoms with van der Waals surface area (Å²) >= 11 is 0. The van der Waals surface area contributed by atoms with Crippen LogP contribution >= 0.6 is 0 Å². The molecule has 64 heavy (non-hydrogen) atoms. The van der Waals surface area contributed by atoms with Gasteiger partial charge in [0.25, 0.3) is 0 Å². The van der Waals surface area contributed by atoms with Crippen LogP contribution in [0.15, 0.2) is 224 Å². The largest absolute Gasteiger partial charge is 0.208 e. The summed E-state index contributed by atoms with van der Waals surface area (Å²) in [4.78, 5) is 15.0. The molecule has 0 saturated heterocycles. The molecule has 296 valence electrons. The molecule has 1 heterocycles. The standard InChI is InChI=1S/C61H37N3/c1-3-11-38(12-4-1)39-23-30-45(31-24-39)60-62-59(44-13-5-2-6-14-44)63-61(64-60)46-32-25-40(26-33-46)47-18-7-19-48(35-47)50-36-49-34-29-43-16-9-21-52-51-20-8-15-41-27-28-42-17-10-22-53(57(42)55(41)51)54(37-50)58(49)56(43)52/h1-37H. The Bertz CT molecular complexity index is 3910. The van der Waals surface area contributed by atoms with Crippen molar-refractivity contribution < 1.29 is 0 Å². The third-order valence-corrected chi connectivity index (χ3v) is 13.0. The SMILES string of the molecule is c1ccc(-c2ccc(-c3nc(-c4ccccc4)nc(-c4ccc(-c5cccc(-c6cc7ccc8cccc9c%10cccc%11ccc%12cccc(c(c6)c7c89)c%12c%11%10)c5)cc4)n3)cc2)cc1. The number of hydrogen-bond donors (Lipinski definition) is 0. The maximum absolute atomic E-state index is 5.05. The van der Waals surface area contributed by atoms with E-state index in [0.29, 0.717) is 17.5 Å². The molecule has 0 unspecified atom stereocenters. The van der Waals surface area contributed by atoms with Gasteiger partial charge in [0.1, 0.15) is 0 Å². The minimum absolute atomic E-state index is 0.636. The van der Waals surface area contributed by atoms with Crippen molar-refractivity contribution in [3.05, 3.63) is 224 Å². The fourth-order valence-electron chi connectivity index (χ4n) is 9.93. The first-order valence-corrected chi connectivity index (χ1v) is 21.8. The van der Waals surface area contributed by atoms with E-state index >= 15 is 0 Å². The maximum atomic E-state index is 5.05. The zero-order valence-electron chi connectivity index (χ0n) is 34.7. The van der Waals surface area contributed by atoms with Gasteiger partial charge in [0.15, 0.2) is 17.5 Å². The zero-order chi connectivity index (χ0) is 42.1. The molecule has 0 spiro atoms. The number of nitrogens with zero attached hydrogens (tertiary/aromatic N) is 3. The van der Waals surface area contributed by atoms with E-state index in [1.165, 1.54) is 81.3 Å². The molecular weight excluding hydrogens is 775 g/mol. The molecule has 0 atom stereocenters. The van der Waals surface area contributed by atoms with E-state index in [4.69, 9.17) is 15.0 Å². The summed E-state index contributed by atoms with van der Waals surface area (Å²) in [5.74, 6) is 1.92. The average Bonchev–Trinajstić information content (AvgIpc) is 3.37. The quantitative estimate of drug-likeness (QED) is 0.157. The van der Waals surface area contributed by atoms with Gasteiger partial charge in [-0.15, -0.1) is 0 Å². The van der Waals surface area contributed by atoms with Gasteiger partial charge < -0.3 is 0 Å². The van der Waals surface area contributed by atoms with Crippen LogP contribution in [0.3, 0.4) is 0 Å². The summed E-state index contributed by atoms with van der Waals surface area (Å²) < 4.78 is 0. The summed E-state index contributed by atoms with van der Waals surface area (Å²) in [6, 6.07) is 80.8. The Morgan fingerprint density at radius 2 is 0.531 bits per heavy atom. The lowest BCUT2D eigenvalue weighted by Crippen LogP contribution is -2.00. The van der Waals surface area contributed by atoms with Gasteiger partial charge in [0, 0.05) is 16.7 Å². The van der Waals surface area contributed by atoms with Gasteiger partial charge >= 0.3 is 0 Å². The highest BCUT2D eigenvalue weighted by atomic mass is 15.0. The minimum atomic E-state index is 0.636. The monoisotopic (exact) mass is 811 g/mol. The Labute approximate surface area is 370 Å². The van der Waals surface area contributed by atoms with Gasteiger partial charge in [-0.2, -0.15) is 0 Å². The predicted molar refractivity (Wildman–Crippen MR) is 269 cm³/mol. The van der Waals surface area contributed by atoms with Crippen LogP contribution in [-0.2, 0) is 0 Å². The molecule has 13 aromatic rings. The lowest BCUT2D eigenvalue weighted by atomic mass is 9.86. The second kappa shape index (κ2) is 14.5. The highest BCUT2D eigenvalue weighted by Crippen LogP contribution is 2.44. The number of hydrogen-bond acceptors (Lipinski definition) is 3. The molecule has 0 fully saturated rings. The van der Waals surface area contributed by atoms with Crippen molar-refractivity contribution >= 4 is 64.6 Å². The molecule has 0 radical (unpaired) electrons. The van der Waals surface area contributed by atoms with Crippen LogP contribution in [-0.4, -0.2) is 15.0 Å². The van der Waals surface area contributed by atoms with E-state index in [2.05, 4.69) is 188 Å². The van der Waals surface area contributed by atoms with Crippen molar-refractivity contribution in [1.29, 1.82) is 0 Å². The van der Waals surface area contributed by atoms with Crippen molar-refractivity contribution in [3.8, 4) is 67.5 Å². The molecule has 13 rings (SSSR count). The number of benzene rings is 11. The van der Waals surface area contributed by atoms with Crippen LogP contribution in [0.25, 0.3) is 132 Å². The maximum Gasteiger partial charge on any atom is 0.164 e. The normalized spacial score (nSPS) is 11.8. The minimum Gasteiger partial charge on any atom is -0.208 e. The molecule has 0 amide bonds. The van der Waals surface area contributed by atoms with E-state index in [-0.39, 0.29) is 0 Å². The van der Waals surface area contributed by atoms with Crippen molar-refractivity contribution in [3.63, 3.8) is 0 Å². The third-order valence-electron chi connectivity index (χ3n) is 13.0. The van der Waals surface area contributed by atoms with Crippen molar-refractivity contribution in [2.24, 2.45) is 0 Å². The third kappa shape index (κ3) is 5.94. The van der Waals surface area contributed by atoms with E-state index < -0.39 is 0 Å². The number of aromatic nitrogens is 3. The van der Waals surface area contributed by atoms with Crippen molar-refractivity contribution in [2.75, 3.05) is 0 Å². The average molecular weight is 812 g/mol. The Kier molecular flexibility index (Phi) is 8.22. The van der Waals surface area contributed by atoms with Crippen LogP contribution in [0, 0.1) is 0 Å². The topological polar surface area (TPSA) is 38.7 Å². The highest BCUT2D eigenvalue weighted by Gasteiger charge is 2.17.